The van der Waals surface area contributed by atoms with Gasteiger partial charge in [-0.05, 0) is 33.1 Å². The van der Waals surface area contributed by atoms with E-state index in [0.29, 0.717) is 19.3 Å². The fourth-order valence-corrected chi connectivity index (χ4v) is 3.95. The van der Waals surface area contributed by atoms with Crippen LogP contribution in [0.2, 0.25) is 0 Å². The van der Waals surface area contributed by atoms with Crippen LogP contribution in [0.4, 0.5) is 0 Å². The Morgan fingerprint density at radius 3 is 1.76 bits per heavy atom. The molecule has 0 heterocycles. The quantitative estimate of drug-likeness (QED) is 0.747. The first-order valence-electron chi connectivity index (χ1n) is 7.47. The van der Waals surface area contributed by atoms with Crippen LogP contribution in [0.1, 0.15) is 60.8 Å². The SMILES string of the molecule is C#C[C@@]1(C(C)=O)C[C@](C)(C(C)=O)C[C@](C)(C(=O)C(C)C)C1. The number of ketones is 3. The van der Waals surface area contributed by atoms with Gasteiger partial charge in [-0.1, -0.05) is 33.6 Å². The summed E-state index contributed by atoms with van der Waals surface area (Å²) in [4.78, 5) is 37.0. The number of hydrogen-bond acceptors (Lipinski definition) is 3. The van der Waals surface area contributed by atoms with E-state index in [1.165, 1.54) is 13.8 Å². The zero-order valence-electron chi connectivity index (χ0n) is 14.0. The van der Waals surface area contributed by atoms with Crippen molar-refractivity contribution in [3.63, 3.8) is 0 Å². The average Bonchev–Trinajstić information content (AvgIpc) is 2.36. The smallest absolute Gasteiger partial charge is 0.147 e. The van der Waals surface area contributed by atoms with Crippen LogP contribution in [0, 0.1) is 34.5 Å². The maximum atomic E-state index is 12.7. The van der Waals surface area contributed by atoms with E-state index in [-0.39, 0.29) is 23.3 Å². The first kappa shape index (κ1) is 17.6. The van der Waals surface area contributed by atoms with E-state index in [9.17, 15) is 14.4 Å². The standard InChI is InChI=1S/C18H26O3/c1-8-18(14(5)20)10-16(6,13(4)19)9-17(7,11-18)15(21)12(2)3/h1,12H,9-11H2,2-7H3/t16-,17+,18-/m1/s1. The van der Waals surface area contributed by atoms with Crippen LogP contribution < -0.4 is 0 Å². The topological polar surface area (TPSA) is 51.2 Å². The number of carbonyl (C=O) groups excluding carboxylic acids is 3. The Morgan fingerprint density at radius 2 is 1.43 bits per heavy atom. The highest BCUT2D eigenvalue weighted by molar-refractivity contribution is 5.93. The molecule has 0 N–H and O–H groups in total. The number of Topliss-reactive ketones (excluding diaryl/α,β-unsaturated/α-hetero) is 3. The Kier molecular flexibility index (Phi) is 4.53. The van der Waals surface area contributed by atoms with Gasteiger partial charge in [0, 0.05) is 16.7 Å². The summed E-state index contributed by atoms with van der Waals surface area (Å²) in [5, 5.41) is 0. The number of carbonyl (C=O) groups is 3. The Morgan fingerprint density at radius 1 is 0.952 bits per heavy atom. The van der Waals surface area contributed by atoms with Gasteiger partial charge >= 0.3 is 0 Å². The van der Waals surface area contributed by atoms with E-state index in [2.05, 4.69) is 5.92 Å². The normalized spacial score (nSPS) is 36.1. The molecule has 116 valence electrons. The molecule has 0 aromatic carbocycles. The summed E-state index contributed by atoms with van der Waals surface area (Å²) in [7, 11) is 0. The third-order valence-electron chi connectivity index (χ3n) is 5.08. The highest BCUT2D eigenvalue weighted by Crippen LogP contribution is 2.56. The van der Waals surface area contributed by atoms with Crippen molar-refractivity contribution in [3.05, 3.63) is 0 Å². The van der Waals surface area contributed by atoms with Gasteiger partial charge in [0.25, 0.3) is 0 Å². The molecule has 1 saturated carbocycles. The Balaban J connectivity index is 3.44. The molecule has 0 radical (unpaired) electrons. The van der Waals surface area contributed by atoms with Crippen molar-refractivity contribution in [1.82, 2.24) is 0 Å². The minimum absolute atomic E-state index is 0.00847. The van der Waals surface area contributed by atoms with Gasteiger partial charge in [0.05, 0.1) is 5.41 Å². The van der Waals surface area contributed by atoms with Gasteiger partial charge in [0.1, 0.15) is 17.3 Å². The van der Waals surface area contributed by atoms with E-state index in [1.807, 2.05) is 27.7 Å². The lowest BCUT2D eigenvalue weighted by Crippen LogP contribution is -2.52. The molecule has 0 aliphatic heterocycles. The monoisotopic (exact) mass is 290 g/mol. The summed E-state index contributed by atoms with van der Waals surface area (Å²) < 4.78 is 0. The third-order valence-corrected chi connectivity index (χ3v) is 5.08. The molecule has 0 aromatic rings. The first-order chi connectivity index (χ1) is 9.42. The Hall–Kier alpha value is -1.43. The third kappa shape index (κ3) is 2.95. The lowest BCUT2D eigenvalue weighted by molar-refractivity contribution is -0.148. The molecule has 1 rings (SSSR count). The maximum absolute atomic E-state index is 12.7. The highest BCUT2D eigenvalue weighted by Gasteiger charge is 2.56. The first-order valence-corrected chi connectivity index (χ1v) is 7.47. The Labute approximate surface area is 127 Å². The molecular weight excluding hydrogens is 264 g/mol. The summed E-state index contributed by atoms with van der Waals surface area (Å²) >= 11 is 0. The van der Waals surface area contributed by atoms with E-state index in [0.717, 1.165) is 0 Å². The molecule has 0 bridgehead atoms. The van der Waals surface area contributed by atoms with Gasteiger partial charge in [0.2, 0.25) is 0 Å². The van der Waals surface area contributed by atoms with Crippen molar-refractivity contribution in [2.75, 3.05) is 0 Å². The van der Waals surface area contributed by atoms with Gasteiger partial charge < -0.3 is 0 Å². The molecule has 0 amide bonds. The van der Waals surface area contributed by atoms with Crippen molar-refractivity contribution in [3.8, 4) is 12.3 Å². The van der Waals surface area contributed by atoms with Gasteiger partial charge in [-0.3, -0.25) is 14.4 Å². The average molecular weight is 290 g/mol. The van der Waals surface area contributed by atoms with Crippen LogP contribution in [0.25, 0.3) is 0 Å². The van der Waals surface area contributed by atoms with Crippen molar-refractivity contribution in [2.45, 2.75) is 60.8 Å². The van der Waals surface area contributed by atoms with E-state index >= 15 is 0 Å². The van der Waals surface area contributed by atoms with Crippen LogP contribution in [-0.4, -0.2) is 17.3 Å². The molecule has 0 spiro atoms. The maximum Gasteiger partial charge on any atom is 0.147 e. The zero-order valence-corrected chi connectivity index (χ0v) is 14.0. The van der Waals surface area contributed by atoms with Crippen molar-refractivity contribution in [1.29, 1.82) is 0 Å². The Bertz CT molecular complexity index is 525. The molecule has 1 fully saturated rings. The number of terminal acetylenes is 1. The molecular formula is C18H26O3. The fraction of sp³-hybridized carbons (Fsp3) is 0.722. The van der Waals surface area contributed by atoms with Crippen molar-refractivity contribution < 1.29 is 14.4 Å². The zero-order chi connectivity index (χ0) is 16.6. The van der Waals surface area contributed by atoms with Crippen LogP contribution in [0.3, 0.4) is 0 Å². The summed E-state index contributed by atoms with van der Waals surface area (Å²) in [5.41, 5.74) is -2.47. The second kappa shape index (κ2) is 5.40. The van der Waals surface area contributed by atoms with Crippen LogP contribution in [0.15, 0.2) is 0 Å². The highest BCUT2D eigenvalue weighted by atomic mass is 16.1. The number of hydrogen-bond donors (Lipinski definition) is 0. The van der Waals surface area contributed by atoms with Gasteiger partial charge in [-0.25, -0.2) is 0 Å². The summed E-state index contributed by atoms with van der Waals surface area (Å²) in [5.74, 6) is 2.42. The van der Waals surface area contributed by atoms with Crippen LogP contribution >= 0.6 is 0 Å². The molecule has 3 heteroatoms. The summed E-state index contributed by atoms with van der Waals surface area (Å²) in [6.07, 6.45) is 6.80. The van der Waals surface area contributed by atoms with Crippen LogP contribution in [0.5, 0.6) is 0 Å². The van der Waals surface area contributed by atoms with Crippen molar-refractivity contribution >= 4 is 17.3 Å². The lowest BCUT2D eigenvalue weighted by atomic mass is 9.50. The van der Waals surface area contributed by atoms with Crippen molar-refractivity contribution in [2.24, 2.45) is 22.2 Å². The largest absolute Gasteiger partial charge is 0.299 e. The minimum Gasteiger partial charge on any atom is -0.299 e. The molecule has 0 saturated heterocycles. The van der Waals surface area contributed by atoms with Crippen LogP contribution in [-0.2, 0) is 14.4 Å². The molecule has 0 unspecified atom stereocenters. The molecule has 0 aromatic heterocycles. The molecule has 3 atom stereocenters. The molecule has 1 aliphatic rings. The summed E-state index contributed by atoms with van der Waals surface area (Å²) in [6.45, 7) is 10.4. The molecule has 21 heavy (non-hydrogen) atoms. The summed E-state index contributed by atoms with van der Waals surface area (Å²) in [6, 6.07) is 0. The van der Waals surface area contributed by atoms with Gasteiger partial charge in [-0.2, -0.15) is 0 Å². The second-order valence-corrected chi connectivity index (χ2v) is 7.51. The lowest BCUT2D eigenvalue weighted by Gasteiger charge is -2.50. The van der Waals surface area contributed by atoms with E-state index < -0.39 is 16.2 Å². The predicted molar refractivity (Wildman–Crippen MR) is 82.5 cm³/mol. The number of rotatable bonds is 4. The predicted octanol–water partition coefficient (Wildman–Crippen LogP) is 3.21. The van der Waals surface area contributed by atoms with Gasteiger partial charge in [-0.15, -0.1) is 6.42 Å². The second-order valence-electron chi connectivity index (χ2n) is 7.51. The van der Waals surface area contributed by atoms with E-state index in [1.54, 1.807) is 0 Å². The van der Waals surface area contributed by atoms with E-state index in [4.69, 9.17) is 6.42 Å². The molecule has 3 nitrogen and oxygen atoms in total. The minimum atomic E-state index is -1.02. The molecule has 1 aliphatic carbocycles. The fourth-order valence-electron chi connectivity index (χ4n) is 3.95. The van der Waals surface area contributed by atoms with Gasteiger partial charge in [0.15, 0.2) is 0 Å².